The van der Waals surface area contributed by atoms with E-state index >= 15 is 0 Å². The second-order valence-electron chi connectivity index (χ2n) is 10.6. The minimum Gasteiger partial charge on any atom is -0.507 e. The van der Waals surface area contributed by atoms with Crippen LogP contribution in [-0.2, 0) is 11.2 Å². The van der Waals surface area contributed by atoms with Crippen molar-refractivity contribution < 1.29 is 42.7 Å². The van der Waals surface area contributed by atoms with Gasteiger partial charge in [0.05, 0.1) is 47.0 Å². The lowest BCUT2D eigenvalue weighted by Gasteiger charge is -2.28. The van der Waals surface area contributed by atoms with Crippen molar-refractivity contribution in [1.29, 1.82) is 0 Å². The van der Waals surface area contributed by atoms with Crippen molar-refractivity contribution in [2.24, 2.45) is 0 Å². The number of ether oxygens (including phenoxy) is 6. The normalized spacial score (nSPS) is 13.9. The van der Waals surface area contributed by atoms with Crippen LogP contribution in [0.1, 0.15) is 29.0 Å². The first-order valence-electron chi connectivity index (χ1n) is 14.5. The van der Waals surface area contributed by atoms with Crippen LogP contribution >= 0.6 is 0 Å². The molecule has 0 spiro atoms. The second-order valence-corrected chi connectivity index (χ2v) is 10.6. The average molecular weight is 625 g/mol. The first-order chi connectivity index (χ1) is 22.4. The zero-order chi connectivity index (χ0) is 32.4. The summed E-state index contributed by atoms with van der Waals surface area (Å²) in [6, 6.07) is 19.4. The molecule has 5 aromatic rings. The maximum Gasteiger partial charge on any atom is 0.312 e. The van der Waals surface area contributed by atoms with Gasteiger partial charge in [0.25, 0.3) is 0 Å². The predicted molar refractivity (Wildman–Crippen MR) is 170 cm³/mol. The standard InChI is InChI=1S/C36H32O10/c1-40-22-11-8-20(9-12-22)14-15-44-35-23(6-5-7-28(35)42-3)24-17-31(38)46-30-18-26(37)33-34(39)25(19-45-36(33)32(24)30)21-10-13-27(41-2)29(16-21)43-4/h5-13,16,18-19,24,37H,14-15,17H2,1-4H3/t24-/m1/s1. The molecule has 10 nitrogen and oxygen atoms in total. The van der Waals surface area contributed by atoms with Crippen LogP contribution in [0.4, 0.5) is 0 Å². The summed E-state index contributed by atoms with van der Waals surface area (Å²) >= 11 is 0. The summed E-state index contributed by atoms with van der Waals surface area (Å²) in [7, 11) is 6.18. The molecule has 0 amide bonds. The molecule has 1 aliphatic heterocycles. The molecule has 1 aromatic heterocycles. The summed E-state index contributed by atoms with van der Waals surface area (Å²) in [5.41, 5.74) is 2.49. The van der Waals surface area contributed by atoms with Crippen molar-refractivity contribution >= 4 is 16.9 Å². The van der Waals surface area contributed by atoms with Gasteiger partial charge in [-0.25, -0.2) is 0 Å². The van der Waals surface area contributed by atoms with E-state index in [0.29, 0.717) is 52.7 Å². The van der Waals surface area contributed by atoms with E-state index in [9.17, 15) is 14.7 Å². The molecule has 0 bridgehead atoms. The zero-order valence-corrected chi connectivity index (χ0v) is 25.7. The maximum absolute atomic E-state index is 13.9. The summed E-state index contributed by atoms with van der Waals surface area (Å²) in [6.45, 7) is 0.323. The summed E-state index contributed by atoms with van der Waals surface area (Å²) in [5, 5.41) is 11.0. The topological polar surface area (TPSA) is 123 Å². The number of para-hydroxylation sites is 1. The van der Waals surface area contributed by atoms with Crippen LogP contribution in [0, 0.1) is 0 Å². The Morgan fingerprint density at radius 3 is 2.33 bits per heavy atom. The van der Waals surface area contributed by atoms with Crippen LogP contribution in [0.25, 0.3) is 22.1 Å². The van der Waals surface area contributed by atoms with E-state index in [1.807, 2.05) is 30.3 Å². The maximum atomic E-state index is 13.9. The van der Waals surface area contributed by atoms with Gasteiger partial charge in [-0.15, -0.1) is 0 Å². The molecule has 1 aliphatic rings. The number of esters is 1. The molecule has 2 heterocycles. The fraction of sp³-hybridized carbons (Fsp3) is 0.222. The van der Waals surface area contributed by atoms with Crippen molar-refractivity contribution in [2.45, 2.75) is 18.8 Å². The van der Waals surface area contributed by atoms with Crippen LogP contribution < -0.4 is 33.8 Å². The van der Waals surface area contributed by atoms with Crippen LogP contribution in [-0.4, -0.2) is 46.1 Å². The van der Waals surface area contributed by atoms with Crippen LogP contribution in [0.5, 0.6) is 40.2 Å². The van der Waals surface area contributed by atoms with E-state index in [0.717, 1.165) is 11.3 Å². The molecule has 236 valence electrons. The molecule has 0 unspecified atom stereocenters. The Morgan fingerprint density at radius 1 is 0.848 bits per heavy atom. The molecule has 4 aromatic carbocycles. The van der Waals surface area contributed by atoms with Gasteiger partial charge in [0.15, 0.2) is 23.0 Å². The molecule has 0 radical (unpaired) electrons. The highest BCUT2D eigenvalue weighted by molar-refractivity contribution is 5.94. The molecule has 1 N–H and O–H groups in total. The monoisotopic (exact) mass is 624 g/mol. The van der Waals surface area contributed by atoms with Crippen LogP contribution in [0.3, 0.4) is 0 Å². The SMILES string of the molecule is COc1ccc(CCOc2c(OC)cccc2[C@H]2CC(=O)Oc3cc(O)c4c(=O)c(-c5ccc(OC)c(OC)c5)coc4c32)cc1. The van der Waals surface area contributed by atoms with Gasteiger partial charge in [-0.05, 0) is 41.5 Å². The molecule has 0 aliphatic carbocycles. The number of aromatic hydroxyl groups is 1. The lowest BCUT2D eigenvalue weighted by molar-refractivity contribution is -0.135. The van der Waals surface area contributed by atoms with Gasteiger partial charge in [-0.2, -0.15) is 0 Å². The van der Waals surface area contributed by atoms with Gasteiger partial charge >= 0.3 is 5.97 Å². The number of phenols is 1. The number of rotatable bonds is 10. The number of carbonyl (C=O) groups is 1. The number of hydrogen-bond acceptors (Lipinski definition) is 10. The number of carbonyl (C=O) groups excluding carboxylic acids is 1. The molecule has 0 saturated carbocycles. The predicted octanol–water partition coefficient (Wildman–Crippen LogP) is 6.26. The highest BCUT2D eigenvalue weighted by Gasteiger charge is 2.36. The Hall–Kier alpha value is -5.64. The number of benzene rings is 4. The Bertz CT molecular complexity index is 1980. The quantitative estimate of drug-likeness (QED) is 0.141. The highest BCUT2D eigenvalue weighted by atomic mass is 16.5. The number of methoxy groups -OCH3 is 4. The van der Waals surface area contributed by atoms with Crippen molar-refractivity contribution in [3.63, 3.8) is 0 Å². The third kappa shape index (κ3) is 5.53. The highest BCUT2D eigenvalue weighted by Crippen LogP contribution is 2.49. The summed E-state index contributed by atoms with van der Waals surface area (Å²) in [6.07, 6.45) is 1.88. The van der Waals surface area contributed by atoms with Gasteiger partial charge in [0.2, 0.25) is 5.43 Å². The second kappa shape index (κ2) is 12.8. The molecule has 1 atom stereocenters. The Morgan fingerprint density at radius 2 is 1.61 bits per heavy atom. The summed E-state index contributed by atoms with van der Waals surface area (Å²) < 4.78 is 39.7. The van der Waals surface area contributed by atoms with Crippen molar-refractivity contribution in [3.05, 3.63) is 99.9 Å². The van der Waals surface area contributed by atoms with Crippen LogP contribution in [0.2, 0.25) is 0 Å². The van der Waals surface area contributed by atoms with Gasteiger partial charge in [0, 0.05) is 29.5 Å². The molecule has 46 heavy (non-hydrogen) atoms. The van der Waals surface area contributed by atoms with Gasteiger partial charge < -0.3 is 37.9 Å². The first kappa shape index (κ1) is 30.4. The number of fused-ring (bicyclic) bond motifs is 3. The van der Waals surface area contributed by atoms with E-state index in [1.165, 1.54) is 26.5 Å². The smallest absolute Gasteiger partial charge is 0.312 e. The Balaban J connectivity index is 1.44. The Kier molecular flexibility index (Phi) is 8.43. The first-order valence-corrected chi connectivity index (χ1v) is 14.5. The average Bonchev–Trinajstić information content (AvgIpc) is 3.07. The minimum atomic E-state index is -0.638. The van der Waals surface area contributed by atoms with E-state index in [4.69, 9.17) is 32.8 Å². The number of hydrogen-bond donors (Lipinski definition) is 1. The minimum absolute atomic E-state index is 0.0427. The zero-order valence-electron chi connectivity index (χ0n) is 25.7. The summed E-state index contributed by atoms with van der Waals surface area (Å²) in [5.74, 6) is 1.20. The molecule has 10 heteroatoms. The Labute approximate surface area is 264 Å². The van der Waals surface area contributed by atoms with Crippen molar-refractivity contribution in [1.82, 2.24) is 0 Å². The fourth-order valence-corrected chi connectivity index (χ4v) is 5.79. The molecule has 0 saturated heterocycles. The van der Waals surface area contributed by atoms with Crippen molar-refractivity contribution in [3.8, 4) is 51.4 Å². The molecule has 0 fully saturated rings. The van der Waals surface area contributed by atoms with Gasteiger partial charge in [-0.1, -0.05) is 30.3 Å². The summed E-state index contributed by atoms with van der Waals surface area (Å²) in [4.78, 5) is 26.8. The van der Waals surface area contributed by atoms with Crippen molar-refractivity contribution in [2.75, 3.05) is 35.0 Å². The van der Waals surface area contributed by atoms with E-state index in [-0.39, 0.29) is 34.5 Å². The van der Waals surface area contributed by atoms with Gasteiger partial charge in [-0.3, -0.25) is 9.59 Å². The molecular formula is C36H32O10. The number of phenolic OH excluding ortho intramolecular Hbond substituents is 1. The largest absolute Gasteiger partial charge is 0.507 e. The lowest BCUT2D eigenvalue weighted by atomic mass is 9.84. The fourth-order valence-electron chi connectivity index (χ4n) is 5.79. The van der Waals surface area contributed by atoms with E-state index in [2.05, 4.69) is 0 Å². The third-order valence-electron chi connectivity index (χ3n) is 8.07. The van der Waals surface area contributed by atoms with E-state index in [1.54, 1.807) is 44.6 Å². The molecule has 6 rings (SSSR count). The third-order valence-corrected chi connectivity index (χ3v) is 8.07. The molecular weight excluding hydrogens is 592 g/mol. The van der Waals surface area contributed by atoms with Gasteiger partial charge in [0.1, 0.15) is 34.5 Å². The van der Waals surface area contributed by atoms with Crippen LogP contribution in [0.15, 0.2) is 82.2 Å². The van der Waals surface area contributed by atoms with E-state index < -0.39 is 17.3 Å². The lowest BCUT2D eigenvalue weighted by Crippen LogP contribution is -2.22.